The van der Waals surface area contributed by atoms with Crippen molar-refractivity contribution < 1.29 is 13.2 Å². The normalized spacial score (nSPS) is 15.7. The Hall–Kier alpha value is -2.78. The fourth-order valence-electron chi connectivity index (χ4n) is 3.37. The van der Waals surface area contributed by atoms with E-state index in [-0.39, 0.29) is 4.90 Å². The standard InChI is InChI=1S/C19H21N5O3S/c1-2-27-16-5-6-17(15-4-3-7-22-19(15)16)28(25,26)24-12-10-23(11-13-24)18-14-20-8-9-21-18/h3-9,14H,2,10-13H2,1H3. The molecule has 0 radical (unpaired) electrons. The first-order valence-corrected chi connectivity index (χ1v) is 10.6. The van der Waals surface area contributed by atoms with Gasteiger partial charge < -0.3 is 9.64 Å². The van der Waals surface area contributed by atoms with E-state index in [1.165, 1.54) is 4.31 Å². The van der Waals surface area contributed by atoms with Crippen LogP contribution < -0.4 is 9.64 Å². The van der Waals surface area contributed by atoms with E-state index >= 15 is 0 Å². The van der Waals surface area contributed by atoms with Crippen molar-refractivity contribution >= 4 is 26.7 Å². The number of anilines is 1. The van der Waals surface area contributed by atoms with Crippen LogP contribution in [0.3, 0.4) is 0 Å². The van der Waals surface area contributed by atoms with Gasteiger partial charge in [-0.25, -0.2) is 13.4 Å². The van der Waals surface area contributed by atoms with Crippen LogP contribution in [-0.4, -0.2) is 60.5 Å². The summed E-state index contributed by atoms with van der Waals surface area (Å²) < 4.78 is 33.8. The van der Waals surface area contributed by atoms with E-state index in [0.29, 0.717) is 49.4 Å². The summed E-state index contributed by atoms with van der Waals surface area (Å²) in [6.45, 7) is 4.26. The average molecular weight is 399 g/mol. The number of benzene rings is 1. The fourth-order valence-corrected chi connectivity index (χ4v) is 4.97. The summed E-state index contributed by atoms with van der Waals surface area (Å²) in [6.07, 6.45) is 6.59. The highest BCUT2D eigenvalue weighted by atomic mass is 32.2. The van der Waals surface area contributed by atoms with E-state index in [4.69, 9.17) is 4.74 Å². The molecule has 0 saturated carbocycles. The molecule has 3 aromatic rings. The second kappa shape index (κ2) is 7.69. The zero-order valence-electron chi connectivity index (χ0n) is 15.5. The third-order valence-corrected chi connectivity index (χ3v) is 6.68. The van der Waals surface area contributed by atoms with Crippen LogP contribution in [-0.2, 0) is 10.0 Å². The van der Waals surface area contributed by atoms with Gasteiger partial charge in [0.1, 0.15) is 17.1 Å². The van der Waals surface area contributed by atoms with Gasteiger partial charge in [0.2, 0.25) is 10.0 Å². The highest BCUT2D eigenvalue weighted by Gasteiger charge is 2.30. The largest absolute Gasteiger partial charge is 0.492 e. The molecule has 1 saturated heterocycles. The number of nitrogens with zero attached hydrogens (tertiary/aromatic N) is 5. The molecular formula is C19H21N5O3S. The minimum atomic E-state index is -3.65. The number of fused-ring (bicyclic) bond motifs is 1. The smallest absolute Gasteiger partial charge is 0.243 e. The zero-order chi connectivity index (χ0) is 19.6. The van der Waals surface area contributed by atoms with Gasteiger partial charge >= 0.3 is 0 Å². The lowest BCUT2D eigenvalue weighted by atomic mass is 10.2. The van der Waals surface area contributed by atoms with Crippen molar-refractivity contribution in [3.8, 4) is 5.75 Å². The molecular weight excluding hydrogens is 378 g/mol. The molecule has 1 fully saturated rings. The summed E-state index contributed by atoms with van der Waals surface area (Å²) in [6, 6.07) is 6.80. The number of hydrogen-bond acceptors (Lipinski definition) is 7. The Kier molecular flexibility index (Phi) is 5.10. The Bertz CT molecular complexity index is 1070. The minimum absolute atomic E-state index is 0.256. The second-order valence-corrected chi connectivity index (χ2v) is 8.26. The van der Waals surface area contributed by atoms with E-state index in [1.54, 1.807) is 49.1 Å². The van der Waals surface area contributed by atoms with Crippen LogP contribution >= 0.6 is 0 Å². The summed E-state index contributed by atoms with van der Waals surface area (Å²) in [5.41, 5.74) is 0.559. The van der Waals surface area contributed by atoms with E-state index in [9.17, 15) is 8.42 Å². The summed E-state index contributed by atoms with van der Waals surface area (Å²) in [7, 11) is -3.65. The molecule has 9 heteroatoms. The fraction of sp³-hybridized carbons (Fsp3) is 0.316. The van der Waals surface area contributed by atoms with Gasteiger partial charge in [-0.05, 0) is 31.2 Å². The van der Waals surface area contributed by atoms with Gasteiger partial charge in [0.05, 0.1) is 17.7 Å². The lowest BCUT2D eigenvalue weighted by Gasteiger charge is -2.34. The Morgan fingerprint density at radius 1 is 1.04 bits per heavy atom. The highest BCUT2D eigenvalue weighted by molar-refractivity contribution is 7.89. The van der Waals surface area contributed by atoms with Crippen molar-refractivity contribution in [3.05, 3.63) is 49.1 Å². The summed E-state index contributed by atoms with van der Waals surface area (Å²) in [5, 5.41) is 0.574. The summed E-state index contributed by atoms with van der Waals surface area (Å²) >= 11 is 0. The third-order valence-electron chi connectivity index (χ3n) is 4.72. The highest BCUT2D eigenvalue weighted by Crippen LogP contribution is 2.31. The lowest BCUT2D eigenvalue weighted by molar-refractivity contribution is 0.343. The van der Waals surface area contributed by atoms with E-state index in [1.807, 2.05) is 11.8 Å². The summed E-state index contributed by atoms with van der Waals surface area (Å²) in [4.78, 5) is 15.0. The molecule has 146 valence electrons. The van der Waals surface area contributed by atoms with Crippen molar-refractivity contribution in [2.24, 2.45) is 0 Å². The molecule has 0 spiro atoms. The van der Waals surface area contributed by atoms with Crippen LogP contribution in [0, 0.1) is 0 Å². The van der Waals surface area contributed by atoms with Crippen LogP contribution in [0.4, 0.5) is 5.82 Å². The maximum absolute atomic E-state index is 13.3. The number of aromatic nitrogens is 3. The van der Waals surface area contributed by atoms with Crippen LogP contribution in [0.2, 0.25) is 0 Å². The van der Waals surface area contributed by atoms with Crippen molar-refractivity contribution in [1.82, 2.24) is 19.3 Å². The van der Waals surface area contributed by atoms with Crippen molar-refractivity contribution in [1.29, 1.82) is 0 Å². The molecule has 0 bridgehead atoms. The molecule has 2 aromatic heterocycles. The topological polar surface area (TPSA) is 88.5 Å². The molecule has 28 heavy (non-hydrogen) atoms. The lowest BCUT2D eigenvalue weighted by Crippen LogP contribution is -2.49. The quantitative estimate of drug-likeness (QED) is 0.648. The van der Waals surface area contributed by atoms with Gasteiger partial charge in [-0.3, -0.25) is 9.97 Å². The number of ether oxygens (including phenoxy) is 1. The van der Waals surface area contributed by atoms with Gasteiger partial charge in [0, 0.05) is 50.2 Å². The van der Waals surface area contributed by atoms with Gasteiger partial charge in [-0.2, -0.15) is 4.31 Å². The monoisotopic (exact) mass is 399 g/mol. The molecule has 0 unspecified atom stereocenters. The maximum atomic E-state index is 13.3. The summed E-state index contributed by atoms with van der Waals surface area (Å²) in [5.74, 6) is 1.35. The predicted molar refractivity (Wildman–Crippen MR) is 106 cm³/mol. The number of piperazine rings is 1. The molecule has 1 aromatic carbocycles. The first kappa shape index (κ1) is 18.6. The Morgan fingerprint density at radius 3 is 2.57 bits per heavy atom. The van der Waals surface area contributed by atoms with E-state index < -0.39 is 10.0 Å². The molecule has 0 atom stereocenters. The molecule has 0 amide bonds. The van der Waals surface area contributed by atoms with Crippen LogP contribution in [0.15, 0.2) is 53.9 Å². The third kappa shape index (κ3) is 3.38. The SMILES string of the molecule is CCOc1ccc(S(=O)(=O)N2CCN(c3cnccn3)CC2)c2cccnc12. The van der Waals surface area contributed by atoms with Gasteiger partial charge in [0.25, 0.3) is 0 Å². The average Bonchev–Trinajstić information content (AvgIpc) is 2.75. The molecule has 4 rings (SSSR count). The predicted octanol–water partition coefficient (Wildman–Crippen LogP) is 1.93. The Labute approximate surface area is 163 Å². The number of rotatable bonds is 5. The molecule has 1 aliphatic heterocycles. The van der Waals surface area contributed by atoms with Gasteiger partial charge in [-0.1, -0.05) is 0 Å². The zero-order valence-corrected chi connectivity index (χ0v) is 16.3. The first-order chi connectivity index (χ1) is 13.6. The number of sulfonamides is 1. The Morgan fingerprint density at radius 2 is 1.86 bits per heavy atom. The minimum Gasteiger partial charge on any atom is -0.492 e. The van der Waals surface area contributed by atoms with Gasteiger partial charge in [-0.15, -0.1) is 0 Å². The van der Waals surface area contributed by atoms with Gasteiger partial charge in [0.15, 0.2) is 0 Å². The van der Waals surface area contributed by atoms with Crippen LogP contribution in [0.1, 0.15) is 6.92 Å². The Balaban J connectivity index is 1.62. The molecule has 3 heterocycles. The van der Waals surface area contributed by atoms with Crippen molar-refractivity contribution in [2.75, 3.05) is 37.7 Å². The van der Waals surface area contributed by atoms with Crippen molar-refractivity contribution in [3.63, 3.8) is 0 Å². The molecule has 0 aliphatic carbocycles. The number of pyridine rings is 1. The van der Waals surface area contributed by atoms with Crippen LogP contribution in [0.5, 0.6) is 5.75 Å². The second-order valence-electron chi connectivity index (χ2n) is 6.35. The molecule has 1 aliphatic rings. The first-order valence-electron chi connectivity index (χ1n) is 9.13. The number of hydrogen-bond donors (Lipinski definition) is 0. The van der Waals surface area contributed by atoms with Crippen LogP contribution in [0.25, 0.3) is 10.9 Å². The van der Waals surface area contributed by atoms with Crippen molar-refractivity contribution in [2.45, 2.75) is 11.8 Å². The van der Waals surface area contributed by atoms with E-state index in [0.717, 1.165) is 5.82 Å². The van der Waals surface area contributed by atoms with E-state index in [2.05, 4.69) is 15.0 Å². The molecule has 0 N–H and O–H groups in total. The molecule has 8 nitrogen and oxygen atoms in total. The maximum Gasteiger partial charge on any atom is 0.243 e.